The summed E-state index contributed by atoms with van der Waals surface area (Å²) in [5.41, 5.74) is 6.10. The van der Waals surface area contributed by atoms with Gasteiger partial charge in [0, 0.05) is 0 Å². The molecule has 0 fully saturated rings. The maximum Gasteiger partial charge on any atom is 0.211 e. The molecular formula is C24H23N3S. The number of hydrogen-bond acceptors (Lipinski definition) is 3. The first-order valence-electron chi connectivity index (χ1n) is 9.53. The number of thiazole rings is 1. The van der Waals surface area contributed by atoms with Crippen molar-refractivity contribution < 1.29 is 0 Å². The summed E-state index contributed by atoms with van der Waals surface area (Å²) in [5, 5.41) is 8.93. The molecule has 0 unspecified atom stereocenters. The molecule has 140 valence electrons. The minimum atomic E-state index is 0.781. The van der Waals surface area contributed by atoms with Crippen molar-refractivity contribution in [1.82, 2.24) is 4.57 Å². The molecule has 1 heterocycles. The van der Waals surface area contributed by atoms with Crippen molar-refractivity contribution in [2.24, 2.45) is 10.2 Å². The molecule has 4 aromatic rings. The van der Waals surface area contributed by atoms with E-state index < -0.39 is 0 Å². The second-order valence-corrected chi connectivity index (χ2v) is 7.88. The van der Waals surface area contributed by atoms with Crippen molar-refractivity contribution in [3.8, 4) is 0 Å². The van der Waals surface area contributed by atoms with Crippen LogP contribution in [0.2, 0.25) is 0 Å². The zero-order valence-corrected chi connectivity index (χ0v) is 17.0. The minimum absolute atomic E-state index is 0.781. The smallest absolute Gasteiger partial charge is 0.211 e. The molecule has 0 saturated heterocycles. The lowest BCUT2D eigenvalue weighted by Gasteiger charge is -2.05. The van der Waals surface area contributed by atoms with Crippen LogP contribution in [0.25, 0.3) is 10.2 Å². The van der Waals surface area contributed by atoms with E-state index in [4.69, 9.17) is 0 Å². The Morgan fingerprint density at radius 1 is 0.929 bits per heavy atom. The topological polar surface area (TPSA) is 29.6 Å². The van der Waals surface area contributed by atoms with Gasteiger partial charge in [-0.3, -0.25) is 0 Å². The van der Waals surface area contributed by atoms with Gasteiger partial charge >= 0.3 is 0 Å². The largest absolute Gasteiger partial charge is 0.311 e. The fraction of sp³-hybridized carbons (Fsp3) is 0.167. The van der Waals surface area contributed by atoms with Gasteiger partial charge in [-0.05, 0) is 47.7 Å². The average Bonchev–Trinajstić information content (AvgIpc) is 3.05. The summed E-state index contributed by atoms with van der Waals surface area (Å²) in [5.74, 6) is 0. The van der Waals surface area contributed by atoms with Crippen LogP contribution in [0.4, 0.5) is 0 Å². The van der Waals surface area contributed by atoms with Crippen molar-refractivity contribution in [2.75, 3.05) is 0 Å². The molecule has 4 heteroatoms. The van der Waals surface area contributed by atoms with E-state index in [0.717, 1.165) is 23.3 Å². The van der Waals surface area contributed by atoms with Crippen molar-refractivity contribution in [2.45, 2.75) is 26.8 Å². The molecule has 3 aromatic carbocycles. The molecule has 0 atom stereocenters. The number of rotatable bonds is 5. The normalized spacial score (nSPS) is 12.3. The van der Waals surface area contributed by atoms with Crippen LogP contribution in [-0.4, -0.2) is 10.8 Å². The van der Waals surface area contributed by atoms with Gasteiger partial charge in [0.25, 0.3) is 0 Å². The fourth-order valence-corrected chi connectivity index (χ4v) is 4.25. The molecular weight excluding hydrogens is 362 g/mol. The predicted molar refractivity (Wildman–Crippen MR) is 119 cm³/mol. The van der Waals surface area contributed by atoms with Crippen LogP contribution in [0.15, 0.2) is 83.0 Å². The quantitative estimate of drug-likeness (QED) is 0.318. The Morgan fingerprint density at radius 2 is 1.71 bits per heavy atom. The van der Waals surface area contributed by atoms with Crippen LogP contribution in [0.3, 0.4) is 0 Å². The van der Waals surface area contributed by atoms with Gasteiger partial charge in [0.2, 0.25) is 4.80 Å². The van der Waals surface area contributed by atoms with Gasteiger partial charge in [-0.2, -0.15) is 5.10 Å². The molecule has 0 aliphatic carbocycles. The van der Waals surface area contributed by atoms with E-state index in [1.54, 1.807) is 11.3 Å². The molecule has 3 nitrogen and oxygen atoms in total. The number of hydrogen-bond donors (Lipinski definition) is 0. The second-order valence-electron chi connectivity index (χ2n) is 6.87. The minimum Gasteiger partial charge on any atom is -0.311 e. The Balaban J connectivity index is 1.72. The van der Waals surface area contributed by atoms with Gasteiger partial charge < -0.3 is 4.57 Å². The summed E-state index contributed by atoms with van der Waals surface area (Å²) in [6.45, 7) is 5.06. The summed E-state index contributed by atoms with van der Waals surface area (Å²) >= 11 is 1.68. The zero-order valence-electron chi connectivity index (χ0n) is 16.2. The SMILES string of the molecule is CCc1ccc(/C=N/N=c2\sc3cc(C)ccc3n2Cc2ccccc2)cc1. The standard InChI is InChI=1S/C24H23N3S/c1-3-19-10-12-20(13-11-19)16-25-26-24-27(17-21-7-5-4-6-8-21)22-14-9-18(2)15-23(22)28-24/h4-16H,3,17H2,1-2H3/b25-16+,26-24-. The van der Waals surface area contributed by atoms with E-state index in [2.05, 4.69) is 95.3 Å². The average molecular weight is 386 g/mol. The number of aryl methyl sites for hydroxylation is 2. The van der Waals surface area contributed by atoms with Crippen molar-refractivity contribution in [1.29, 1.82) is 0 Å². The van der Waals surface area contributed by atoms with Crippen LogP contribution in [-0.2, 0) is 13.0 Å². The summed E-state index contributed by atoms with van der Waals surface area (Å²) in [4.78, 5) is 0.908. The summed E-state index contributed by atoms with van der Waals surface area (Å²) in [6.07, 6.45) is 2.87. The van der Waals surface area contributed by atoms with Gasteiger partial charge in [0.1, 0.15) is 0 Å². The Kier molecular flexibility index (Phi) is 5.49. The Labute approximate surface area is 169 Å². The van der Waals surface area contributed by atoms with E-state index in [-0.39, 0.29) is 0 Å². The van der Waals surface area contributed by atoms with E-state index in [0.29, 0.717) is 0 Å². The van der Waals surface area contributed by atoms with Crippen molar-refractivity contribution in [3.63, 3.8) is 0 Å². The maximum atomic E-state index is 4.56. The molecule has 0 N–H and O–H groups in total. The van der Waals surface area contributed by atoms with Crippen molar-refractivity contribution in [3.05, 3.63) is 99.9 Å². The van der Waals surface area contributed by atoms with Gasteiger partial charge in [0.05, 0.1) is 23.0 Å². The Morgan fingerprint density at radius 3 is 2.46 bits per heavy atom. The summed E-state index contributed by atoms with van der Waals surface area (Å²) < 4.78 is 3.48. The van der Waals surface area contributed by atoms with Gasteiger partial charge in [-0.15, -0.1) is 5.10 Å². The highest BCUT2D eigenvalue weighted by atomic mass is 32.1. The third-order valence-electron chi connectivity index (χ3n) is 4.76. The molecule has 1 aromatic heterocycles. The second kappa shape index (κ2) is 8.36. The van der Waals surface area contributed by atoms with Crippen LogP contribution >= 0.6 is 11.3 Å². The molecule has 0 bridgehead atoms. The van der Waals surface area contributed by atoms with Gasteiger partial charge in [-0.1, -0.05) is 78.9 Å². The number of aromatic nitrogens is 1. The monoisotopic (exact) mass is 385 g/mol. The molecule has 0 radical (unpaired) electrons. The van der Waals surface area contributed by atoms with E-state index in [1.807, 2.05) is 12.3 Å². The van der Waals surface area contributed by atoms with Crippen LogP contribution < -0.4 is 4.80 Å². The van der Waals surface area contributed by atoms with Gasteiger partial charge in [0.15, 0.2) is 0 Å². The van der Waals surface area contributed by atoms with Crippen molar-refractivity contribution >= 4 is 27.8 Å². The lowest BCUT2D eigenvalue weighted by Crippen LogP contribution is -2.15. The first-order valence-corrected chi connectivity index (χ1v) is 10.3. The third kappa shape index (κ3) is 4.12. The molecule has 28 heavy (non-hydrogen) atoms. The van der Waals surface area contributed by atoms with Crippen LogP contribution in [0.1, 0.15) is 29.2 Å². The summed E-state index contributed by atoms with van der Waals surface area (Å²) in [7, 11) is 0. The number of benzene rings is 3. The summed E-state index contributed by atoms with van der Waals surface area (Å²) in [6, 6.07) is 25.5. The fourth-order valence-electron chi connectivity index (χ4n) is 3.16. The number of fused-ring (bicyclic) bond motifs is 1. The highest BCUT2D eigenvalue weighted by Crippen LogP contribution is 2.20. The lowest BCUT2D eigenvalue weighted by atomic mass is 10.1. The maximum absolute atomic E-state index is 4.56. The molecule has 0 amide bonds. The van der Waals surface area contributed by atoms with Crippen LogP contribution in [0, 0.1) is 6.92 Å². The lowest BCUT2D eigenvalue weighted by molar-refractivity contribution is 0.789. The zero-order chi connectivity index (χ0) is 19.3. The molecule has 0 spiro atoms. The van der Waals surface area contributed by atoms with E-state index in [9.17, 15) is 0 Å². The first kappa shape index (κ1) is 18.4. The van der Waals surface area contributed by atoms with Gasteiger partial charge in [-0.25, -0.2) is 0 Å². The number of nitrogens with zero attached hydrogens (tertiary/aromatic N) is 3. The highest BCUT2D eigenvalue weighted by Gasteiger charge is 2.07. The Bertz CT molecular complexity index is 1170. The third-order valence-corrected chi connectivity index (χ3v) is 5.79. The highest BCUT2D eigenvalue weighted by molar-refractivity contribution is 7.16. The van der Waals surface area contributed by atoms with E-state index in [1.165, 1.54) is 26.9 Å². The molecule has 4 rings (SSSR count). The molecule has 0 saturated carbocycles. The van der Waals surface area contributed by atoms with Crippen LogP contribution in [0.5, 0.6) is 0 Å². The first-order chi connectivity index (χ1) is 13.7. The molecule has 0 aliphatic heterocycles. The Hall–Kier alpha value is -2.98. The predicted octanol–water partition coefficient (Wildman–Crippen LogP) is 5.56. The molecule has 0 aliphatic rings. The van der Waals surface area contributed by atoms with E-state index >= 15 is 0 Å².